The first kappa shape index (κ1) is 79.2. The number of urea groups is 1. The number of hydrogen-bond donors (Lipinski definition) is 4. The van der Waals surface area contributed by atoms with E-state index in [-0.39, 0.29) is 67.6 Å². The van der Waals surface area contributed by atoms with Gasteiger partial charge in [0.25, 0.3) is 0 Å². The van der Waals surface area contributed by atoms with Crippen molar-refractivity contribution in [3.63, 3.8) is 0 Å². The van der Waals surface area contributed by atoms with E-state index in [0.29, 0.717) is 195 Å². The van der Waals surface area contributed by atoms with Gasteiger partial charge in [-0.2, -0.15) is 24.9 Å². The highest BCUT2D eigenvalue weighted by atomic mass is 32.2. The van der Waals surface area contributed by atoms with Crippen LogP contribution in [0.15, 0.2) is 101 Å². The van der Waals surface area contributed by atoms with E-state index in [0.717, 1.165) is 64.9 Å². The number of fused-ring (bicyclic) bond motifs is 3. The van der Waals surface area contributed by atoms with Crippen molar-refractivity contribution in [1.29, 1.82) is 0 Å². The third kappa shape index (κ3) is 28.4. The number of rotatable bonds is 55. The maximum Gasteiger partial charge on any atom is 0.442 e. The number of carbonyl (C=O) groups is 3. The molecule has 0 saturated carbocycles. The molecule has 4 aromatic carbocycles. The minimum Gasteiger partial charge on any atom is -0.491 e. The Labute approximate surface area is 588 Å². The van der Waals surface area contributed by atoms with Gasteiger partial charge in [-0.3, -0.25) is 9.59 Å². The van der Waals surface area contributed by atoms with Gasteiger partial charge in [0.1, 0.15) is 24.7 Å². The lowest BCUT2D eigenvalue weighted by Gasteiger charge is -2.26. The molecule has 0 spiro atoms. The molecule has 4 N–H and O–H groups in total. The highest BCUT2D eigenvalue weighted by Gasteiger charge is 2.65. The number of amides is 4. The Morgan fingerprint density at radius 1 is 0.580 bits per heavy atom. The maximum atomic E-state index is 13.4. The second-order valence-corrected chi connectivity index (χ2v) is 25.2. The molecule has 4 aliphatic rings. The average molecular weight is 1420 g/mol. The highest BCUT2D eigenvalue weighted by molar-refractivity contribution is 8.00. The van der Waals surface area contributed by atoms with Gasteiger partial charge in [0, 0.05) is 72.8 Å². The highest BCUT2D eigenvalue weighted by Crippen LogP contribution is 2.52. The van der Waals surface area contributed by atoms with Gasteiger partial charge in [-0.05, 0) is 66.8 Å². The second-order valence-electron chi connectivity index (χ2n) is 24.0. The van der Waals surface area contributed by atoms with Crippen molar-refractivity contribution in [2.45, 2.75) is 93.8 Å². The fourth-order valence-electron chi connectivity index (χ4n) is 10.9. The zero-order valence-electron chi connectivity index (χ0n) is 57.3. The van der Waals surface area contributed by atoms with Crippen molar-refractivity contribution in [1.82, 2.24) is 21.3 Å². The fourth-order valence-corrected chi connectivity index (χ4v) is 12.6. The van der Waals surface area contributed by atoms with Gasteiger partial charge in [-0.25, -0.2) is 4.79 Å². The summed E-state index contributed by atoms with van der Waals surface area (Å²) in [6.45, 7) is 14.0. The molecule has 4 heterocycles. The lowest BCUT2D eigenvalue weighted by Crippen LogP contribution is -2.47. The van der Waals surface area contributed by atoms with Gasteiger partial charge in [0.15, 0.2) is 0 Å². The first-order chi connectivity index (χ1) is 48.9. The first-order valence-corrected chi connectivity index (χ1v) is 35.5. The Balaban J connectivity index is 0.609. The van der Waals surface area contributed by atoms with Crippen LogP contribution in [0.25, 0.3) is 0 Å². The Morgan fingerprint density at radius 3 is 1.69 bits per heavy atom. The number of ether oxygens (including phenoxy) is 14. The molecule has 24 nitrogen and oxygen atoms in total. The fraction of sp³-hybridized carbons (Fsp3) is 0.597. The van der Waals surface area contributed by atoms with E-state index in [2.05, 4.69) is 50.3 Å². The van der Waals surface area contributed by atoms with Crippen molar-refractivity contribution in [3.8, 4) is 23.3 Å². The zero-order valence-corrected chi connectivity index (χ0v) is 58.1. The number of nitrogens with one attached hydrogen (secondary N) is 4. The number of nitrogens with zero attached hydrogens (tertiary/aromatic N) is 3. The van der Waals surface area contributed by atoms with Crippen LogP contribution in [0.2, 0.25) is 0 Å². The van der Waals surface area contributed by atoms with E-state index in [1.807, 2.05) is 78.5 Å². The molecule has 3 atom stereocenters. The van der Waals surface area contributed by atoms with E-state index in [1.54, 1.807) is 17.0 Å². The van der Waals surface area contributed by atoms with E-state index in [9.17, 15) is 27.6 Å². The summed E-state index contributed by atoms with van der Waals surface area (Å²) >= 11 is 1.95. The number of hydrogen-bond acceptors (Lipinski definition) is 21. The standard InChI is InChI=1S/C72H98F3N7O17S/c1-70-55-100-65(68(70)78-69(85)79-70)13-3-2-8-24-86-27-30-89-33-36-92-39-41-95-45-47-98-62-49-57(50-63(51-62)99-48-46-96-42-40-93-37-38-94-43-44-97-54-56-14-18-61(19-15-56)71(80-81-71)72(73,74)75)52-76-23-26-88-29-32-91-35-34-90-31-28-87-25-21-66(83)77-22-20-67(84)82-53-60-11-5-4-9-58(60)16-17-59-10-6-7-12-64(59)82/h4-7,9-12,14-15,18-19,49-51,65,68,76H,2-3,8,13,20-48,52-55H2,1H3,(H,77,83)(H2,78,79,85)/t65?,68-,70+/m1/s1. The number of para-hydroxylation sites is 1. The lowest BCUT2D eigenvalue weighted by atomic mass is 9.92. The molecule has 8 rings (SSSR count). The summed E-state index contributed by atoms with van der Waals surface area (Å²) in [6.07, 6.45) is 0.0547. The molecule has 550 valence electrons. The maximum absolute atomic E-state index is 13.4. The number of carbonyl (C=O) groups excluding carboxylic acids is 3. The van der Waals surface area contributed by atoms with Gasteiger partial charge in [-0.1, -0.05) is 79.3 Å². The Bertz CT molecular complexity index is 3140. The molecule has 0 aliphatic carbocycles. The van der Waals surface area contributed by atoms with Crippen molar-refractivity contribution < 1.29 is 93.9 Å². The SMILES string of the molecule is C[C@]12CSC(CCCCCOCCOCCOCCOCCOc3cc(CNCCOCCOCCOCCOCCC(=O)NCCC(=O)N4Cc5ccccc5C#Cc5ccccc54)cc(OCCOCCOCCOCCOCc4ccc(C5(C(F)(F)F)N=N5)cc4)c3)[C@H]1NC(=O)N2. The molecule has 4 aliphatic heterocycles. The topological polar surface area (TPSA) is 257 Å². The molecule has 4 aromatic rings. The van der Waals surface area contributed by atoms with E-state index in [1.165, 1.54) is 12.1 Å². The van der Waals surface area contributed by atoms with Gasteiger partial charge in [0.2, 0.25) is 11.8 Å². The summed E-state index contributed by atoms with van der Waals surface area (Å²) in [5.74, 6) is 8.34. The van der Waals surface area contributed by atoms with E-state index >= 15 is 0 Å². The third-order valence-corrected chi connectivity index (χ3v) is 18.0. The van der Waals surface area contributed by atoms with Crippen molar-refractivity contribution >= 4 is 35.3 Å². The van der Waals surface area contributed by atoms with Crippen LogP contribution in [-0.4, -0.2) is 225 Å². The van der Waals surface area contributed by atoms with Crippen molar-refractivity contribution in [3.05, 3.63) is 124 Å². The summed E-state index contributed by atoms with van der Waals surface area (Å²) < 4.78 is 120. The normalized spacial score (nSPS) is 17.1. The average Bonchev–Trinajstić information content (AvgIpc) is 1.59. The predicted octanol–water partition coefficient (Wildman–Crippen LogP) is 8.07. The Morgan fingerprint density at radius 2 is 1.10 bits per heavy atom. The van der Waals surface area contributed by atoms with Crippen LogP contribution in [0.1, 0.15) is 78.8 Å². The molecule has 2 saturated heterocycles. The number of alkyl halides is 3. The van der Waals surface area contributed by atoms with Crippen LogP contribution in [0.5, 0.6) is 11.5 Å². The molecule has 0 bridgehead atoms. The van der Waals surface area contributed by atoms with Crippen LogP contribution >= 0.6 is 11.8 Å². The number of thioether (sulfide) groups is 1. The number of halogens is 3. The smallest absolute Gasteiger partial charge is 0.442 e. The van der Waals surface area contributed by atoms with E-state index in [4.69, 9.17) is 66.3 Å². The van der Waals surface area contributed by atoms with Crippen LogP contribution in [0.3, 0.4) is 0 Å². The first-order valence-electron chi connectivity index (χ1n) is 34.5. The largest absolute Gasteiger partial charge is 0.491 e. The Hall–Kier alpha value is -6.53. The minimum atomic E-state index is -4.56. The number of anilines is 1. The van der Waals surface area contributed by atoms with Gasteiger partial charge < -0.3 is 92.5 Å². The van der Waals surface area contributed by atoms with Gasteiger partial charge in [-0.15, -0.1) is 10.2 Å². The second kappa shape index (κ2) is 44.8. The van der Waals surface area contributed by atoms with Gasteiger partial charge in [0.05, 0.1) is 176 Å². The molecule has 100 heavy (non-hydrogen) atoms. The molecular formula is C72H98F3N7O17S. The molecule has 2 fully saturated rings. The van der Waals surface area contributed by atoms with Crippen LogP contribution in [0.4, 0.5) is 23.7 Å². The number of benzene rings is 4. The zero-order chi connectivity index (χ0) is 70.2. The van der Waals surface area contributed by atoms with Gasteiger partial charge >= 0.3 is 17.9 Å². The van der Waals surface area contributed by atoms with Crippen LogP contribution in [-0.2, 0) is 91.8 Å². The molecule has 28 heteroatoms. The predicted molar refractivity (Wildman–Crippen MR) is 368 cm³/mol. The van der Waals surface area contributed by atoms with Crippen molar-refractivity contribution in [2.75, 3.05) is 189 Å². The molecule has 4 amide bonds. The number of unbranched alkanes of at least 4 members (excludes halogenated alkanes) is 2. The molecule has 0 radical (unpaired) electrons. The van der Waals surface area contributed by atoms with Crippen molar-refractivity contribution in [2.24, 2.45) is 10.2 Å². The van der Waals surface area contributed by atoms with E-state index < -0.39 is 11.8 Å². The quantitative estimate of drug-likeness (QED) is 0.0185. The summed E-state index contributed by atoms with van der Waals surface area (Å²) in [7, 11) is 0. The molecule has 1 unspecified atom stereocenters. The van der Waals surface area contributed by atoms with Crippen LogP contribution in [0, 0.1) is 11.8 Å². The summed E-state index contributed by atoms with van der Waals surface area (Å²) in [4.78, 5) is 39.5. The summed E-state index contributed by atoms with van der Waals surface area (Å²) in [5, 5.41) is 19.3. The third-order valence-electron chi connectivity index (χ3n) is 16.3. The van der Waals surface area contributed by atoms with Crippen LogP contribution < -0.4 is 35.6 Å². The Kier molecular flexibility index (Phi) is 35.4. The molecule has 0 aromatic heterocycles. The summed E-state index contributed by atoms with van der Waals surface area (Å²) in [5.41, 5.74) is 2.49. The lowest BCUT2D eigenvalue weighted by molar-refractivity contribution is -0.166. The summed E-state index contributed by atoms with van der Waals surface area (Å²) in [6, 6.07) is 27.2. The molecular weight excluding hydrogens is 1320 g/mol. The monoisotopic (exact) mass is 1420 g/mol. The minimum absolute atomic E-state index is 0.0208.